The maximum atomic E-state index is 13.6. The van der Waals surface area contributed by atoms with E-state index in [1.165, 1.54) is 18.2 Å². The minimum atomic E-state index is -1.33. The van der Waals surface area contributed by atoms with Gasteiger partial charge in [-0.25, -0.2) is 9.18 Å². The second kappa shape index (κ2) is 5.38. The van der Waals surface area contributed by atoms with Gasteiger partial charge in [0, 0.05) is 0 Å². The lowest BCUT2D eigenvalue weighted by Gasteiger charge is -2.08. The number of halogens is 2. The summed E-state index contributed by atoms with van der Waals surface area (Å²) in [6.45, 7) is 0. The van der Waals surface area contributed by atoms with Crippen molar-refractivity contribution in [3.05, 3.63) is 50.9 Å². The van der Waals surface area contributed by atoms with Crippen LogP contribution in [0.1, 0.15) is 20.0 Å². The molecule has 7 heteroatoms. The number of amides is 1. The van der Waals surface area contributed by atoms with Crippen molar-refractivity contribution in [1.82, 2.24) is 0 Å². The van der Waals surface area contributed by atoms with Crippen LogP contribution in [0.15, 0.2) is 29.6 Å². The zero-order chi connectivity index (χ0) is 14.0. The van der Waals surface area contributed by atoms with Gasteiger partial charge in [-0.2, -0.15) is 0 Å². The van der Waals surface area contributed by atoms with Crippen LogP contribution in [0.4, 0.5) is 10.1 Å². The van der Waals surface area contributed by atoms with Gasteiger partial charge in [0.05, 0.1) is 16.3 Å². The molecule has 98 valence electrons. The minimum Gasteiger partial charge on any atom is -0.478 e. The summed E-state index contributed by atoms with van der Waals surface area (Å²) in [4.78, 5) is 23.0. The summed E-state index contributed by atoms with van der Waals surface area (Å²) in [7, 11) is 0. The van der Waals surface area contributed by atoms with Crippen LogP contribution in [-0.4, -0.2) is 17.0 Å². The van der Waals surface area contributed by atoms with Gasteiger partial charge in [-0.15, -0.1) is 11.3 Å². The van der Waals surface area contributed by atoms with Gasteiger partial charge in [0.1, 0.15) is 10.7 Å². The molecule has 0 unspecified atom stereocenters. The van der Waals surface area contributed by atoms with Gasteiger partial charge in [0.2, 0.25) is 0 Å². The summed E-state index contributed by atoms with van der Waals surface area (Å²) in [6, 6.07) is 5.06. The van der Waals surface area contributed by atoms with E-state index in [1.54, 1.807) is 5.38 Å². The van der Waals surface area contributed by atoms with Crippen LogP contribution in [0.25, 0.3) is 0 Å². The maximum Gasteiger partial charge on any atom is 0.337 e. The molecule has 0 saturated heterocycles. The molecule has 0 atom stereocenters. The molecule has 2 rings (SSSR count). The molecule has 1 aromatic carbocycles. The number of thiophene rings is 1. The molecule has 0 spiro atoms. The predicted molar refractivity (Wildman–Crippen MR) is 70.6 cm³/mol. The van der Waals surface area contributed by atoms with Crippen LogP contribution in [0.3, 0.4) is 0 Å². The third-order valence-corrected chi connectivity index (χ3v) is 3.65. The van der Waals surface area contributed by atoms with E-state index in [4.69, 9.17) is 16.7 Å². The highest BCUT2D eigenvalue weighted by Gasteiger charge is 2.19. The van der Waals surface area contributed by atoms with Gasteiger partial charge in [-0.05, 0) is 23.6 Å². The van der Waals surface area contributed by atoms with Crippen LogP contribution in [0.2, 0.25) is 5.02 Å². The fourth-order valence-corrected chi connectivity index (χ4v) is 2.49. The van der Waals surface area contributed by atoms with Gasteiger partial charge < -0.3 is 10.4 Å². The van der Waals surface area contributed by atoms with Crippen molar-refractivity contribution in [3.63, 3.8) is 0 Å². The molecule has 1 amide bonds. The Morgan fingerprint density at radius 2 is 2.05 bits per heavy atom. The maximum absolute atomic E-state index is 13.6. The highest BCUT2D eigenvalue weighted by atomic mass is 35.5. The lowest BCUT2D eigenvalue weighted by atomic mass is 10.1. The molecule has 1 heterocycles. The van der Waals surface area contributed by atoms with Crippen LogP contribution in [-0.2, 0) is 0 Å². The Kier molecular flexibility index (Phi) is 3.82. The molecule has 0 radical (unpaired) electrons. The molecule has 0 aliphatic rings. The Bertz CT molecular complexity index is 656. The quantitative estimate of drug-likeness (QED) is 0.911. The number of hydrogen-bond donors (Lipinski definition) is 2. The lowest BCUT2D eigenvalue weighted by Crippen LogP contribution is -2.15. The van der Waals surface area contributed by atoms with E-state index in [0.29, 0.717) is 0 Å². The monoisotopic (exact) mass is 299 g/mol. The van der Waals surface area contributed by atoms with E-state index in [-0.39, 0.29) is 21.2 Å². The van der Waals surface area contributed by atoms with Gasteiger partial charge in [-0.3, -0.25) is 4.79 Å². The second-order valence-corrected chi connectivity index (χ2v) is 4.84. The molecule has 1 aromatic heterocycles. The number of aromatic carboxylic acids is 1. The molecule has 0 saturated carbocycles. The van der Waals surface area contributed by atoms with Gasteiger partial charge >= 0.3 is 5.97 Å². The van der Waals surface area contributed by atoms with E-state index < -0.39 is 17.7 Å². The van der Waals surface area contributed by atoms with Crippen molar-refractivity contribution in [2.75, 3.05) is 5.32 Å². The van der Waals surface area contributed by atoms with Crippen molar-refractivity contribution in [2.24, 2.45) is 0 Å². The predicted octanol–water partition coefficient (Wildman–Crippen LogP) is 3.49. The van der Waals surface area contributed by atoms with Crippen LogP contribution in [0.5, 0.6) is 0 Å². The SMILES string of the molecule is O=C(O)c1cccc(F)c1NC(=O)c1sccc1Cl. The summed E-state index contributed by atoms with van der Waals surface area (Å²) in [5.41, 5.74) is -0.689. The van der Waals surface area contributed by atoms with Gasteiger partial charge in [0.25, 0.3) is 5.91 Å². The number of carboxylic acids is 1. The highest BCUT2D eigenvalue weighted by Crippen LogP contribution is 2.25. The summed E-state index contributed by atoms with van der Waals surface area (Å²) >= 11 is 6.87. The fourth-order valence-electron chi connectivity index (χ4n) is 1.46. The largest absolute Gasteiger partial charge is 0.478 e. The molecule has 0 aliphatic carbocycles. The molecule has 0 fully saturated rings. The van der Waals surface area contributed by atoms with Crippen molar-refractivity contribution >= 4 is 40.5 Å². The highest BCUT2D eigenvalue weighted by molar-refractivity contribution is 7.12. The van der Waals surface area contributed by atoms with Gasteiger partial charge in [-0.1, -0.05) is 17.7 Å². The Hall–Kier alpha value is -1.92. The first kappa shape index (κ1) is 13.5. The first-order valence-corrected chi connectivity index (χ1v) is 6.32. The Morgan fingerprint density at radius 3 is 2.63 bits per heavy atom. The van der Waals surface area contributed by atoms with Crippen LogP contribution in [0, 0.1) is 5.82 Å². The number of rotatable bonds is 3. The number of hydrogen-bond acceptors (Lipinski definition) is 3. The number of carbonyl (C=O) groups excluding carboxylic acids is 1. The first-order chi connectivity index (χ1) is 9.00. The minimum absolute atomic E-state index is 0.196. The number of carbonyl (C=O) groups is 2. The normalized spacial score (nSPS) is 10.2. The average molecular weight is 300 g/mol. The first-order valence-electron chi connectivity index (χ1n) is 5.07. The van der Waals surface area contributed by atoms with Crippen molar-refractivity contribution in [2.45, 2.75) is 0 Å². The zero-order valence-electron chi connectivity index (χ0n) is 9.31. The van der Waals surface area contributed by atoms with Crippen molar-refractivity contribution in [3.8, 4) is 0 Å². The summed E-state index contributed by atoms with van der Waals surface area (Å²) in [6.07, 6.45) is 0. The fraction of sp³-hybridized carbons (Fsp3) is 0. The van der Waals surface area contributed by atoms with Crippen LogP contribution < -0.4 is 5.32 Å². The lowest BCUT2D eigenvalue weighted by molar-refractivity contribution is 0.0697. The molecule has 0 aliphatic heterocycles. The molecule has 2 N–H and O–H groups in total. The van der Waals surface area contributed by atoms with E-state index in [9.17, 15) is 14.0 Å². The molecular formula is C12H7ClFNO3S. The number of benzene rings is 1. The van der Waals surface area contributed by atoms with Gasteiger partial charge in [0.15, 0.2) is 0 Å². The molecule has 0 bridgehead atoms. The second-order valence-electron chi connectivity index (χ2n) is 3.52. The smallest absolute Gasteiger partial charge is 0.337 e. The van der Waals surface area contributed by atoms with Crippen molar-refractivity contribution < 1.29 is 19.1 Å². The molecule has 4 nitrogen and oxygen atoms in total. The van der Waals surface area contributed by atoms with E-state index in [1.807, 2.05) is 0 Å². The third kappa shape index (κ3) is 2.74. The standard InChI is InChI=1S/C12H7ClFNO3S/c13-7-4-5-19-10(7)11(16)15-9-6(12(17)18)2-1-3-8(9)14/h1-5H,(H,15,16)(H,17,18). The Morgan fingerprint density at radius 1 is 1.32 bits per heavy atom. The molecule has 19 heavy (non-hydrogen) atoms. The zero-order valence-corrected chi connectivity index (χ0v) is 10.9. The van der Waals surface area contributed by atoms with Crippen molar-refractivity contribution in [1.29, 1.82) is 0 Å². The molecule has 2 aromatic rings. The van der Waals surface area contributed by atoms with E-state index in [2.05, 4.69) is 5.32 Å². The summed E-state index contributed by atoms with van der Waals surface area (Å²) < 4.78 is 13.6. The number of carboxylic acid groups (broad SMARTS) is 1. The summed E-state index contributed by atoms with van der Waals surface area (Å²) in [5, 5.41) is 13.0. The Labute approximate surface area is 116 Å². The average Bonchev–Trinajstić information content (AvgIpc) is 2.77. The number of nitrogens with one attached hydrogen (secondary N) is 1. The number of anilines is 1. The summed E-state index contributed by atoms with van der Waals surface area (Å²) in [5.74, 6) is -2.79. The van der Waals surface area contributed by atoms with E-state index in [0.717, 1.165) is 17.4 Å². The molecular weight excluding hydrogens is 293 g/mol. The third-order valence-electron chi connectivity index (χ3n) is 2.31. The topological polar surface area (TPSA) is 66.4 Å². The Balaban J connectivity index is 2.36. The van der Waals surface area contributed by atoms with Crippen LogP contribution >= 0.6 is 22.9 Å². The number of para-hydroxylation sites is 1. The van der Waals surface area contributed by atoms with E-state index >= 15 is 0 Å².